The number of anilines is 1. The van der Waals surface area contributed by atoms with Crippen LogP contribution in [0.4, 0.5) is 14.6 Å². The van der Waals surface area contributed by atoms with Crippen molar-refractivity contribution in [2.75, 3.05) is 5.32 Å². The van der Waals surface area contributed by atoms with Gasteiger partial charge in [0.25, 0.3) is 0 Å². The first kappa shape index (κ1) is 22.0. The molecule has 1 aliphatic rings. The van der Waals surface area contributed by atoms with E-state index in [0.29, 0.717) is 23.2 Å². The molecule has 0 saturated heterocycles. The Labute approximate surface area is 196 Å². The van der Waals surface area contributed by atoms with Crippen LogP contribution >= 0.6 is 11.6 Å². The second kappa shape index (κ2) is 9.18. The maximum Gasteiger partial charge on any atom is 0.224 e. The Morgan fingerprint density at radius 1 is 0.939 bits per heavy atom. The van der Waals surface area contributed by atoms with Crippen molar-refractivity contribution < 1.29 is 8.78 Å². The number of hydrogen-bond acceptors (Lipinski definition) is 4. The van der Waals surface area contributed by atoms with Crippen molar-refractivity contribution in [2.45, 2.75) is 51.0 Å². The van der Waals surface area contributed by atoms with Crippen LogP contribution in [0.2, 0.25) is 5.28 Å². The minimum atomic E-state index is -0.349. The van der Waals surface area contributed by atoms with Crippen LogP contribution in [0.25, 0.3) is 21.8 Å². The number of hydrogen-bond donors (Lipinski definition) is 1. The minimum absolute atomic E-state index is 0.101. The topological polar surface area (TPSA) is 50.7 Å². The molecule has 1 fully saturated rings. The van der Waals surface area contributed by atoms with Crippen molar-refractivity contribution in [3.05, 3.63) is 71.1 Å². The van der Waals surface area contributed by atoms with E-state index in [0.717, 1.165) is 48.4 Å². The van der Waals surface area contributed by atoms with E-state index in [9.17, 15) is 8.78 Å². The Morgan fingerprint density at radius 2 is 1.70 bits per heavy atom. The molecule has 1 aliphatic carbocycles. The number of aromatic nitrogens is 3. The average Bonchev–Trinajstić information content (AvgIpc) is 2.78. The molecule has 4 nitrogen and oxygen atoms in total. The molecule has 0 radical (unpaired) electrons. The van der Waals surface area contributed by atoms with Crippen LogP contribution in [0.1, 0.15) is 50.5 Å². The maximum atomic E-state index is 13.8. The molecule has 0 bridgehead atoms. The van der Waals surface area contributed by atoms with Gasteiger partial charge in [0.2, 0.25) is 5.28 Å². The van der Waals surface area contributed by atoms with Crippen molar-refractivity contribution in [3.63, 3.8) is 0 Å². The van der Waals surface area contributed by atoms with Crippen LogP contribution in [0, 0.1) is 17.6 Å². The fourth-order valence-corrected chi connectivity index (χ4v) is 5.36. The number of fused-ring (bicyclic) bond motifs is 2. The molecule has 33 heavy (non-hydrogen) atoms. The molecule has 170 valence electrons. The van der Waals surface area contributed by atoms with Gasteiger partial charge in [0.1, 0.15) is 17.5 Å². The number of nitrogens with zero attached hydrogens (tertiary/aromatic N) is 3. The Hall–Kier alpha value is -2.86. The van der Waals surface area contributed by atoms with Gasteiger partial charge in [-0.1, -0.05) is 0 Å². The van der Waals surface area contributed by atoms with Gasteiger partial charge in [-0.25, -0.2) is 18.7 Å². The zero-order valence-corrected chi connectivity index (χ0v) is 19.1. The predicted octanol–water partition coefficient (Wildman–Crippen LogP) is 7.27. The fraction of sp³-hybridized carbons (Fsp3) is 0.346. The molecule has 0 spiro atoms. The van der Waals surface area contributed by atoms with E-state index >= 15 is 0 Å². The molecule has 1 saturated carbocycles. The number of benzene rings is 2. The second-order valence-electron chi connectivity index (χ2n) is 9.06. The summed E-state index contributed by atoms with van der Waals surface area (Å²) in [6.45, 7) is 2.14. The Bertz CT molecular complexity index is 1300. The first-order chi connectivity index (χ1) is 16.0. The summed E-state index contributed by atoms with van der Waals surface area (Å²) in [7, 11) is 0. The summed E-state index contributed by atoms with van der Waals surface area (Å²) >= 11 is 6.06. The highest BCUT2D eigenvalue weighted by Crippen LogP contribution is 2.40. The van der Waals surface area contributed by atoms with Gasteiger partial charge in [0, 0.05) is 29.1 Å². The van der Waals surface area contributed by atoms with E-state index in [2.05, 4.69) is 27.2 Å². The molecule has 1 atom stereocenters. The Balaban J connectivity index is 1.24. The van der Waals surface area contributed by atoms with E-state index in [1.807, 2.05) is 12.3 Å². The molecule has 7 heteroatoms. The van der Waals surface area contributed by atoms with Gasteiger partial charge in [-0.3, -0.25) is 4.98 Å². The molecule has 0 aliphatic heterocycles. The van der Waals surface area contributed by atoms with Gasteiger partial charge in [0.05, 0.1) is 11.0 Å². The van der Waals surface area contributed by atoms with Gasteiger partial charge >= 0.3 is 0 Å². The quantitative estimate of drug-likeness (QED) is 0.314. The number of pyridine rings is 1. The smallest absolute Gasteiger partial charge is 0.224 e. The third-order valence-electron chi connectivity index (χ3n) is 6.73. The molecule has 2 heterocycles. The number of rotatable bonds is 5. The third kappa shape index (κ3) is 4.76. The summed E-state index contributed by atoms with van der Waals surface area (Å²) in [5.41, 5.74) is 2.55. The van der Waals surface area contributed by atoms with E-state index in [1.54, 1.807) is 18.2 Å². The van der Waals surface area contributed by atoms with Gasteiger partial charge < -0.3 is 5.32 Å². The summed E-state index contributed by atoms with van der Waals surface area (Å²) in [4.78, 5) is 12.9. The summed E-state index contributed by atoms with van der Waals surface area (Å²) < 4.78 is 27.4. The van der Waals surface area contributed by atoms with Crippen molar-refractivity contribution in [1.82, 2.24) is 15.0 Å². The van der Waals surface area contributed by atoms with Crippen LogP contribution in [0.5, 0.6) is 0 Å². The molecule has 0 amide bonds. The molecule has 1 N–H and O–H groups in total. The lowest BCUT2D eigenvalue weighted by Gasteiger charge is -2.31. The van der Waals surface area contributed by atoms with E-state index in [-0.39, 0.29) is 23.0 Å². The normalized spacial score (nSPS) is 19.6. The fourth-order valence-electron chi connectivity index (χ4n) is 5.18. The average molecular weight is 467 g/mol. The lowest BCUT2D eigenvalue weighted by molar-refractivity contribution is 0.302. The standard InChI is InChI=1S/C26H25ClF2N4/c1-15(31-25-21-8-6-19(29)14-24(21)32-26(27)33-25)12-16-2-4-17(5-3-16)20-10-11-30-23-9-7-18(28)13-22(20)23/h6-11,13-17H,2-5,12H2,1H3,(H,31,32,33)/t15-,16-,17+/m1/s1. The highest BCUT2D eigenvalue weighted by Gasteiger charge is 2.25. The van der Waals surface area contributed by atoms with Gasteiger partial charge in [-0.15, -0.1) is 0 Å². The van der Waals surface area contributed by atoms with Gasteiger partial charge in [-0.2, -0.15) is 0 Å². The SMILES string of the molecule is C[C@H](C[C@H]1CC[C@@H](c2ccnc3ccc(F)cc32)CC1)Nc1nc(Cl)nc2cc(F)ccc12. The summed E-state index contributed by atoms with van der Waals surface area (Å²) in [5.74, 6) is 1.09. The first-order valence-corrected chi connectivity index (χ1v) is 11.8. The largest absolute Gasteiger partial charge is 0.367 e. The van der Waals surface area contributed by atoms with Crippen molar-refractivity contribution in [1.29, 1.82) is 0 Å². The summed E-state index contributed by atoms with van der Waals surface area (Å²) in [6.07, 6.45) is 7.22. The van der Waals surface area contributed by atoms with Gasteiger partial charge in [0.15, 0.2) is 0 Å². The van der Waals surface area contributed by atoms with Crippen LogP contribution in [0.3, 0.4) is 0 Å². The van der Waals surface area contributed by atoms with E-state index in [4.69, 9.17) is 11.6 Å². The minimum Gasteiger partial charge on any atom is -0.367 e. The second-order valence-corrected chi connectivity index (χ2v) is 9.40. The van der Waals surface area contributed by atoms with Crippen LogP contribution in [-0.2, 0) is 0 Å². The van der Waals surface area contributed by atoms with Crippen molar-refractivity contribution in [2.24, 2.45) is 5.92 Å². The molecule has 5 rings (SSSR count). The lowest BCUT2D eigenvalue weighted by atomic mass is 9.76. The number of halogens is 3. The van der Waals surface area contributed by atoms with Crippen molar-refractivity contribution in [3.8, 4) is 0 Å². The zero-order valence-electron chi connectivity index (χ0n) is 18.4. The monoisotopic (exact) mass is 466 g/mol. The molecule has 4 aromatic rings. The molecule has 2 aromatic carbocycles. The first-order valence-electron chi connectivity index (χ1n) is 11.4. The van der Waals surface area contributed by atoms with Crippen LogP contribution < -0.4 is 5.32 Å². The zero-order chi connectivity index (χ0) is 22.9. The third-order valence-corrected chi connectivity index (χ3v) is 6.89. The highest BCUT2D eigenvalue weighted by atomic mass is 35.5. The van der Waals surface area contributed by atoms with E-state index < -0.39 is 0 Å². The molecular formula is C26H25ClF2N4. The van der Waals surface area contributed by atoms with Crippen LogP contribution in [0.15, 0.2) is 48.7 Å². The number of nitrogens with one attached hydrogen (secondary N) is 1. The van der Waals surface area contributed by atoms with Gasteiger partial charge in [-0.05, 0) is 104 Å². The molecule has 0 unspecified atom stereocenters. The predicted molar refractivity (Wildman–Crippen MR) is 129 cm³/mol. The van der Waals surface area contributed by atoms with E-state index in [1.165, 1.54) is 23.8 Å². The van der Waals surface area contributed by atoms with Crippen LogP contribution in [-0.4, -0.2) is 21.0 Å². The Morgan fingerprint density at radius 3 is 2.52 bits per heavy atom. The highest BCUT2D eigenvalue weighted by molar-refractivity contribution is 6.28. The summed E-state index contributed by atoms with van der Waals surface area (Å²) in [5, 5.41) is 5.25. The summed E-state index contributed by atoms with van der Waals surface area (Å²) in [6, 6.07) is 11.5. The molecular weight excluding hydrogens is 442 g/mol. The Kier molecular flexibility index (Phi) is 6.11. The maximum absolute atomic E-state index is 13.8. The molecule has 2 aromatic heterocycles. The lowest BCUT2D eigenvalue weighted by Crippen LogP contribution is -2.23. The van der Waals surface area contributed by atoms with Crippen molar-refractivity contribution >= 4 is 39.2 Å².